The average Bonchev–Trinajstić information content (AvgIpc) is 2.95. The summed E-state index contributed by atoms with van der Waals surface area (Å²) in [5.41, 5.74) is 0.548. The fourth-order valence-electron chi connectivity index (χ4n) is 2.37. The van der Waals surface area contributed by atoms with Crippen LogP contribution in [0.15, 0.2) is 12.5 Å². The highest BCUT2D eigenvalue weighted by Gasteiger charge is 2.28. The number of aryl methyl sites for hydroxylation is 1. The summed E-state index contributed by atoms with van der Waals surface area (Å²) in [7, 11) is 1.79. The van der Waals surface area contributed by atoms with Gasteiger partial charge in [0, 0.05) is 13.1 Å². The molecule has 1 aliphatic rings. The summed E-state index contributed by atoms with van der Waals surface area (Å²) in [6, 6.07) is 2.30. The lowest BCUT2D eigenvalue weighted by molar-refractivity contribution is 0.0699. The van der Waals surface area contributed by atoms with Crippen LogP contribution >= 0.6 is 0 Å². The standard InChI is InChI=1S/C12H16N4O/c1-15-9-14-8-11(15)12(17)16(7-6-13)10-4-2-3-5-10/h8-10H,2-5,7H2,1H3. The van der Waals surface area contributed by atoms with Crippen LogP contribution in [0.3, 0.4) is 0 Å². The number of rotatable bonds is 3. The van der Waals surface area contributed by atoms with E-state index in [0.29, 0.717) is 5.69 Å². The Morgan fingerprint density at radius 1 is 1.65 bits per heavy atom. The number of amides is 1. The summed E-state index contributed by atoms with van der Waals surface area (Å²) in [5.74, 6) is -0.0848. The molecule has 1 amide bonds. The van der Waals surface area contributed by atoms with Crippen LogP contribution in [0, 0.1) is 11.3 Å². The maximum Gasteiger partial charge on any atom is 0.273 e. The van der Waals surface area contributed by atoms with Crippen molar-refractivity contribution in [3.8, 4) is 6.07 Å². The minimum atomic E-state index is -0.0848. The molecule has 1 saturated carbocycles. The maximum absolute atomic E-state index is 12.3. The van der Waals surface area contributed by atoms with Gasteiger partial charge in [-0.25, -0.2) is 4.98 Å². The maximum atomic E-state index is 12.3. The minimum Gasteiger partial charge on any atom is -0.330 e. The Morgan fingerprint density at radius 3 is 2.88 bits per heavy atom. The molecule has 5 nitrogen and oxygen atoms in total. The van der Waals surface area contributed by atoms with Crippen molar-refractivity contribution >= 4 is 5.91 Å². The number of aromatic nitrogens is 2. The van der Waals surface area contributed by atoms with Gasteiger partial charge in [0.1, 0.15) is 12.2 Å². The summed E-state index contributed by atoms with van der Waals surface area (Å²) in [4.78, 5) is 17.9. The summed E-state index contributed by atoms with van der Waals surface area (Å²) in [6.45, 7) is 0.161. The third-order valence-electron chi connectivity index (χ3n) is 3.30. The van der Waals surface area contributed by atoms with Gasteiger partial charge in [0.05, 0.1) is 18.6 Å². The van der Waals surface area contributed by atoms with Crippen LogP contribution in [-0.4, -0.2) is 32.9 Å². The lowest BCUT2D eigenvalue weighted by Crippen LogP contribution is -2.39. The van der Waals surface area contributed by atoms with Crippen molar-refractivity contribution in [1.29, 1.82) is 5.26 Å². The fraction of sp³-hybridized carbons (Fsp3) is 0.583. The molecule has 0 unspecified atom stereocenters. The van der Waals surface area contributed by atoms with E-state index in [-0.39, 0.29) is 18.5 Å². The van der Waals surface area contributed by atoms with Crippen LogP contribution < -0.4 is 0 Å². The van der Waals surface area contributed by atoms with Crippen LogP contribution in [0.2, 0.25) is 0 Å². The molecule has 1 aromatic rings. The minimum absolute atomic E-state index is 0.0848. The van der Waals surface area contributed by atoms with Gasteiger partial charge in [0.15, 0.2) is 0 Å². The highest BCUT2D eigenvalue weighted by Crippen LogP contribution is 2.24. The van der Waals surface area contributed by atoms with Gasteiger partial charge in [-0.15, -0.1) is 0 Å². The fourth-order valence-corrected chi connectivity index (χ4v) is 2.37. The predicted molar refractivity (Wildman–Crippen MR) is 62.1 cm³/mol. The van der Waals surface area contributed by atoms with Crippen molar-refractivity contribution < 1.29 is 4.79 Å². The Labute approximate surface area is 101 Å². The number of nitriles is 1. The molecular formula is C12H16N4O. The van der Waals surface area contributed by atoms with Gasteiger partial charge in [-0.1, -0.05) is 12.8 Å². The second-order valence-corrected chi connectivity index (χ2v) is 4.42. The van der Waals surface area contributed by atoms with Gasteiger partial charge in [-0.05, 0) is 12.8 Å². The number of imidazole rings is 1. The molecule has 2 rings (SSSR count). The molecule has 1 fully saturated rings. The van der Waals surface area contributed by atoms with Crippen LogP contribution in [0.5, 0.6) is 0 Å². The van der Waals surface area contributed by atoms with E-state index in [1.54, 1.807) is 29.0 Å². The van der Waals surface area contributed by atoms with E-state index >= 15 is 0 Å². The zero-order chi connectivity index (χ0) is 12.3. The topological polar surface area (TPSA) is 61.9 Å². The number of hydrogen-bond donors (Lipinski definition) is 0. The smallest absolute Gasteiger partial charge is 0.273 e. The van der Waals surface area contributed by atoms with Crippen molar-refractivity contribution in [3.05, 3.63) is 18.2 Å². The lowest BCUT2D eigenvalue weighted by atomic mass is 10.2. The third-order valence-corrected chi connectivity index (χ3v) is 3.30. The molecule has 1 heterocycles. The van der Waals surface area contributed by atoms with Gasteiger partial charge in [0.2, 0.25) is 0 Å². The second kappa shape index (κ2) is 5.00. The molecule has 0 radical (unpaired) electrons. The monoisotopic (exact) mass is 232 g/mol. The first-order valence-corrected chi connectivity index (χ1v) is 5.88. The van der Waals surface area contributed by atoms with Crippen LogP contribution in [0.1, 0.15) is 36.2 Å². The first-order chi connectivity index (χ1) is 8.24. The Morgan fingerprint density at radius 2 is 2.35 bits per heavy atom. The van der Waals surface area contributed by atoms with Crippen LogP contribution in [0.4, 0.5) is 0 Å². The van der Waals surface area contributed by atoms with Gasteiger partial charge >= 0.3 is 0 Å². The Bertz CT molecular complexity index is 440. The molecule has 0 N–H and O–H groups in total. The third kappa shape index (κ3) is 2.31. The Balaban J connectivity index is 2.19. The predicted octanol–water partition coefficient (Wildman–Crippen LogP) is 1.33. The number of carbonyl (C=O) groups is 1. The summed E-state index contributed by atoms with van der Waals surface area (Å²) >= 11 is 0. The molecule has 1 aromatic heterocycles. The molecule has 0 spiro atoms. The molecule has 17 heavy (non-hydrogen) atoms. The highest BCUT2D eigenvalue weighted by molar-refractivity contribution is 5.92. The Kier molecular flexibility index (Phi) is 3.43. The van der Waals surface area contributed by atoms with Crippen molar-refractivity contribution in [2.45, 2.75) is 31.7 Å². The molecular weight excluding hydrogens is 216 g/mol. The van der Waals surface area contributed by atoms with Gasteiger partial charge in [-0.3, -0.25) is 4.79 Å². The zero-order valence-corrected chi connectivity index (χ0v) is 9.96. The summed E-state index contributed by atoms with van der Waals surface area (Å²) in [6.07, 6.45) is 7.46. The molecule has 90 valence electrons. The zero-order valence-electron chi connectivity index (χ0n) is 9.96. The van der Waals surface area contributed by atoms with E-state index in [0.717, 1.165) is 25.7 Å². The molecule has 0 aromatic carbocycles. The van der Waals surface area contributed by atoms with Gasteiger partial charge in [-0.2, -0.15) is 5.26 Å². The van der Waals surface area contributed by atoms with Crippen LogP contribution in [-0.2, 0) is 7.05 Å². The number of nitrogens with zero attached hydrogens (tertiary/aromatic N) is 4. The Hall–Kier alpha value is -1.83. The van der Waals surface area contributed by atoms with E-state index in [2.05, 4.69) is 11.1 Å². The molecule has 1 aliphatic carbocycles. The quantitative estimate of drug-likeness (QED) is 0.738. The second-order valence-electron chi connectivity index (χ2n) is 4.42. The van der Waals surface area contributed by atoms with E-state index in [1.807, 2.05) is 0 Å². The van der Waals surface area contributed by atoms with Crippen molar-refractivity contribution in [2.24, 2.45) is 7.05 Å². The van der Waals surface area contributed by atoms with Gasteiger partial charge in [0.25, 0.3) is 5.91 Å². The number of hydrogen-bond acceptors (Lipinski definition) is 3. The summed E-state index contributed by atoms with van der Waals surface area (Å²) < 4.78 is 1.70. The van der Waals surface area contributed by atoms with E-state index in [1.165, 1.54) is 0 Å². The van der Waals surface area contributed by atoms with E-state index < -0.39 is 0 Å². The molecule has 0 aliphatic heterocycles. The van der Waals surface area contributed by atoms with Crippen molar-refractivity contribution in [3.63, 3.8) is 0 Å². The van der Waals surface area contributed by atoms with E-state index in [9.17, 15) is 4.79 Å². The lowest BCUT2D eigenvalue weighted by Gasteiger charge is -2.26. The van der Waals surface area contributed by atoms with E-state index in [4.69, 9.17) is 5.26 Å². The van der Waals surface area contributed by atoms with Gasteiger partial charge < -0.3 is 9.47 Å². The largest absolute Gasteiger partial charge is 0.330 e. The molecule has 0 atom stereocenters. The van der Waals surface area contributed by atoms with Crippen molar-refractivity contribution in [2.75, 3.05) is 6.54 Å². The first kappa shape index (κ1) is 11.6. The average molecular weight is 232 g/mol. The summed E-state index contributed by atoms with van der Waals surface area (Å²) in [5, 5.41) is 8.85. The number of carbonyl (C=O) groups excluding carboxylic acids is 1. The first-order valence-electron chi connectivity index (χ1n) is 5.88. The molecule has 0 saturated heterocycles. The molecule has 5 heteroatoms. The highest BCUT2D eigenvalue weighted by atomic mass is 16.2. The molecule has 0 bridgehead atoms. The normalized spacial score (nSPS) is 15.8. The van der Waals surface area contributed by atoms with Crippen molar-refractivity contribution in [1.82, 2.24) is 14.5 Å². The van der Waals surface area contributed by atoms with Crippen LogP contribution in [0.25, 0.3) is 0 Å². The SMILES string of the molecule is Cn1cncc1C(=O)N(CC#N)C1CCCC1.